The molecular weight excluding hydrogens is 244 g/mol. The molecule has 3 rings (SSSR count). The van der Waals surface area contributed by atoms with Crippen LogP contribution in [0.25, 0.3) is 4.96 Å². The highest BCUT2D eigenvalue weighted by atomic mass is 32.1. The van der Waals surface area contributed by atoms with E-state index in [9.17, 15) is 4.79 Å². The molecule has 1 unspecified atom stereocenters. The van der Waals surface area contributed by atoms with Gasteiger partial charge >= 0.3 is 5.97 Å². The van der Waals surface area contributed by atoms with Crippen molar-refractivity contribution in [1.82, 2.24) is 19.8 Å². The predicted octanol–water partition coefficient (Wildman–Crippen LogP) is 0.664. The summed E-state index contributed by atoms with van der Waals surface area (Å²) >= 11 is 1.25. The highest BCUT2D eigenvalue weighted by Gasteiger charge is 2.25. The third-order valence-electron chi connectivity index (χ3n) is 2.58. The molecule has 1 aliphatic rings. The van der Waals surface area contributed by atoms with Gasteiger partial charge in [0.15, 0.2) is 5.82 Å². The molecule has 2 aromatic rings. The van der Waals surface area contributed by atoms with E-state index in [1.807, 2.05) is 0 Å². The molecule has 8 heteroatoms. The Morgan fingerprint density at radius 3 is 3.18 bits per heavy atom. The lowest BCUT2D eigenvalue weighted by atomic mass is 10.2. The minimum absolute atomic E-state index is 0.0650. The van der Waals surface area contributed by atoms with Gasteiger partial charge in [0, 0.05) is 6.61 Å². The highest BCUT2D eigenvalue weighted by Crippen LogP contribution is 2.28. The SMILES string of the molecule is O=C(O)Cc1nn2c(C3CCCO3)nnc2s1. The quantitative estimate of drug-likeness (QED) is 0.865. The Hall–Kier alpha value is -1.54. The van der Waals surface area contributed by atoms with Gasteiger partial charge in [0.25, 0.3) is 0 Å². The molecule has 90 valence electrons. The van der Waals surface area contributed by atoms with E-state index >= 15 is 0 Å². The lowest BCUT2D eigenvalue weighted by Gasteiger charge is -2.03. The summed E-state index contributed by atoms with van der Waals surface area (Å²) in [4.78, 5) is 11.2. The monoisotopic (exact) mass is 254 g/mol. The summed E-state index contributed by atoms with van der Waals surface area (Å²) in [5.41, 5.74) is 0. The second-order valence-electron chi connectivity index (χ2n) is 3.82. The summed E-state index contributed by atoms with van der Waals surface area (Å²) in [7, 11) is 0. The van der Waals surface area contributed by atoms with Crippen LogP contribution in [0.2, 0.25) is 0 Å². The minimum atomic E-state index is -0.895. The van der Waals surface area contributed by atoms with E-state index in [0.29, 0.717) is 15.8 Å². The second kappa shape index (κ2) is 4.04. The van der Waals surface area contributed by atoms with E-state index < -0.39 is 5.97 Å². The van der Waals surface area contributed by atoms with Crippen LogP contribution in [0.1, 0.15) is 29.8 Å². The number of aliphatic carboxylic acids is 1. The van der Waals surface area contributed by atoms with Crippen molar-refractivity contribution in [1.29, 1.82) is 0 Å². The van der Waals surface area contributed by atoms with Gasteiger partial charge in [0.2, 0.25) is 4.96 Å². The van der Waals surface area contributed by atoms with Gasteiger partial charge in [0.05, 0.1) is 6.42 Å². The largest absolute Gasteiger partial charge is 0.481 e. The Labute approximate surface area is 100 Å². The topological polar surface area (TPSA) is 89.6 Å². The van der Waals surface area contributed by atoms with Gasteiger partial charge in [-0.3, -0.25) is 4.79 Å². The van der Waals surface area contributed by atoms with E-state index in [-0.39, 0.29) is 12.5 Å². The maximum absolute atomic E-state index is 10.6. The zero-order valence-electron chi connectivity index (χ0n) is 8.87. The standard InChI is InChI=1S/C9H10N4O3S/c14-7(15)4-6-12-13-8(5-2-1-3-16-5)10-11-9(13)17-6/h5H,1-4H2,(H,14,15). The average Bonchev–Trinajstić information content (AvgIpc) is 2.89. The fraction of sp³-hybridized carbons (Fsp3) is 0.556. The molecule has 17 heavy (non-hydrogen) atoms. The van der Waals surface area contributed by atoms with Gasteiger partial charge in [-0.25, -0.2) is 0 Å². The maximum atomic E-state index is 10.6. The van der Waals surface area contributed by atoms with Crippen molar-refractivity contribution in [3.05, 3.63) is 10.8 Å². The molecule has 1 aliphatic heterocycles. The maximum Gasteiger partial charge on any atom is 0.310 e. The van der Waals surface area contributed by atoms with Crippen LogP contribution in [-0.2, 0) is 16.0 Å². The fourth-order valence-corrected chi connectivity index (χ4v) is 2.69. The number of carboxylic acid groups (broad SMARTS) is 1. The van der Waals surface area contributed by atoms with Crippen molar-refractivity contribution in [2.45, 2.75) is 25.4 Å². The number of ether oxygens (including phenoxy) is 1. The molecule has 7 nitrogen and oxygen atoms in total. The highest BCUT2D eigenvalue weighted by molar-refractivity contribution is 7.16. The molecule has 0 bridgehead atoms. The normalized spacial score (nSPS) is 20.1. The van der Waals surface area contributed by atoms with Gasteiger partial charge in [-0.2, -0.15) is 9.61 Å². The number of carbonyl (C=O) groups is 1. The van der Waals surface area contributed by atoms with E-state index in [2.05, 4.69) is 15.3 Å². The first-order valence-electron chi connectivity index (χ1n) is 5.28. The van der Waals surface area contributed by atoms with Crippen molar-refractivity contribution in [3.63, 3.8) is 0 Å². The molecule has 1 fully saturated rings. The Morgan fingerprint density at radius 2 is 2.47 bits per heavy atom. The van der Waals surface area contributed by atoms with Crippen LogP contribution in [0.15, 0.2) is 0 Å². The van der Waals surface area contributed by atoms with Crippen molar-refractivity contribution in [2.75, 3.05) is 6.61 Å². The van der Waals surface area contributed by atoms with Gasteiger partial charge in [-0.1, -0.05) is 11.3 Å². The number of fused-ring (bicyclic) bond motifs is 1. The van der Waals surface area contributed by atoms with Gasteiger partial charge in [-0.05, 0) is 12.8 Å². The fourth-order valence-electron chi connectivity index (χ4n) is 1.85. The van der Waals surface area contributed by atoms with E-state index in [4.69, 9.17) is 9.84 Å². The average molecular weight is 254 g/mol. The lowest BCUT2D eigenvalue weighted by molar-refractivity contribution is -0.136. The smallest absolute Gasteiger partial charge is 0.310 e. The molecule has 0 radical (unpaired) electrons. The van der Waals surface area contributed by atoms with Crippen LogP contribution in [0.5, 0.6) is 0 Å². The molecule has 0 saturated carbocycles. The number of rotatable bonds is 3. The first-order valence-corrected chi connectivity index (χ1v) is 6.10. The molecule has 1 N–H and O–H groups in total. The molecule has 0 amide bonds. The summed E-state index contributed by atoms with van der Waals surface area (Å²) in [5, 5.41) is 21.5. The Morgan fingerprint density at radius 1 is 1.59 bits per heavy atom. The van der Waals surface area contributed by atoms with E-state index in [1.54, 1.807) is 4.52 Å². The van der Waals surface area contributed by atoms with Crippen LogP contribution in [0.3, 0.4) is 0 Å². The predicted molar refractivity (Wildman–Crippen MR) is 57.9 cm³/mol. The first-order chi connectivity index (χ1) is 8.24. The number of aromatic nitrogens is 4. The summed E-state index contributed by atoms with van der Waals surface area (Å²) < 4.78 is 7.12. The number of carboxylic acids is 1. The molecule has 0 spiro atoms. The first kappa shape index (κ1) is 10.6. The summed E-state index contributed by atoms with van der Waals surface area (Å²) in [6.07, 6.45) is 1.77. The van der Waals surface area contributed by atoms with Crippen LogP contribution >= 0.6 is 11.3 Å². The van der Waals surface area contributed by atoms with Gasteiger partial charge < -0.3 is 9.84 Å². The van der Waals surface area contributed by atoms with Gasteiger partial charge in [0.1, 0.15) is 11.1 Å². The van der Waals surface area contributed by atoms with Crippen LogP contribution in [0.4, 0.5) is 0 Å². The Balaban J connectivity index is 1.96. The molecule has 0 aromatic carbocycles. The summed E-state index contributed by atoms with van der Waals surface area (Å²) in [5.74, 6) is -0.223. The molecule has 3 heterocycles. The zero-order valence-corrected chi connectivity index (χ0v) is 9.68. The Bertz CT molecular complexity index is 558. The third-order valence-corrected chi connectivity index (χ3v) is 3.48. The van der Waals surface area contributed by atoms with Crippen molar-refractivity contribution < 1.29 is 14.6 Å². The molecule has 1 saturated heterocycles. The number of nitrogens with zero attached hydrogens (tertiary/aromatic N) is 4. The lowest BCUT2D eigenvalue weighted by Crippen LogP contribution is -2.05. The van der Waals surface area contributed by atoms with Crippen LogP contribution in [0, 0.1) is 0 Å². The van der Waals surface area contributed by atoms with Gasteiger partial charge in [-0.15, -0.1) is 10.2 Å². The van der Waals surface area contributed by atoms with E-state index in [1.165, 1.54) is 11.3 Å². The second-order valence-corrected chi connectivity index (χ2v) is 4.86. The zero-order chi connectivity index (χ0) is 11.8. The van der Waals surface area contributed by atoms with Crippen LogP contribution < -0.4 is 0 Å². The van der Waals surface area contributed by atoms with E-state index in [0.717, 1.165) is 19.4 Å². The minimum Gasteiger partial charge on any atom is -0.481 e. The third kappa shape index (κ3) is 1.89. The van der Waals surface area contributed by atoms with Crippen molar-refractivity contribution >= 4 is 22.3 Å². The molecule has 2 aromatic heterocycles. The molecule has 0 aliphatic carbocycles. The van der Waals surface area contributed by atoms with Crippen molar-refractivity contribution in [2.24, 2.45) is 0 Å². The molecular formula is C9H10N4O3S. The van der Waals surface area contributed by atoms with Crippen molar-refractivity contribution in [3.8, 4) is 0 Å². The number of hydrogen-bond acceptors (Lipinski definition) is 6. The summed E-state index contributed by atoms with van der Waals surface area (Å²) in [6, 6.07) is 0. The molecule has 1 atom stereocenters. The van der Waals surface area contributed by atoms with Crippen LogP contribution in [-0.4, -0.2) is 37.5 Å². The summed E-state index contributed by atoms with van der Waals surface area (Å²) in [6.45, 7) is 0.728. The Kier molecular flexibility index (Phi) is 2.52. The number of hydrogen-bond donors (Lipinski definition) is 1.